The minimum absolute atomic E-state index is 0.0213. The fourth-order valence-corrected chi connectivity index (χ4v) is 2.21. The molecule has 0 amide bonds. The molecule has 1 aliphatic heterocycles. The lowest BCUT2D eigenvalue weighted by Gasteiger charge is -2.12. The number of nitriles is 2. The predicted octanol–water partition coefficient (Wildman–Crippen LogP) is 2.58. The van der Waals surface area contributed by atoms with Crippen LogP contribution in [-0.2, 0) is 0 Å². The standard InChI is InChI=1S/C16H16N4O/c1-20-9-3-4-15(20)19-16(13(10-17)11-18)12-5-7-14(21-2)8-6-12/h5-8H,3-4,9H2,1-2H3. The van der Waals surface area contributed by atoms with E-state index in [1.165, 1.54) is 0 Å². The van der Waals surface area contributed by atoms with Crippen molar-refractivity contribution in [3.63, 3.8) is 0 Å². The number of rotatable bonds is 3. The average molecular weight is 280 g/mol. The lowest BCUT2D eigenvalue weighted by Crippen LogP contribution is -2.19. The Bertz CT molecular complexity index is 643. The molecule has 0 saturated carbocycles. The summed E-state index contributed by atoms with van der Waals surface area (Å²) in [6.45, 7) is 0.948. The highest BCUT2D eigenvalue weighted by Crippen LogP contribution is 2.24. The van der Waals surface area contributed by atoms with Crippen molar-refractivity contribution in [3.05, 3.63) is 35.4 Å². The summed E-state index contributed by atoms with van der Waals surface area (Å²) in [4.78, 5) is 6.61. The maximum absolute atomic E-state index is 9.16. The molecule has 0 N–H and O–H groups in total. The zero-order chi connectivity index (χ0) is 15.2. The van der Waals surface area contributed by atoms with E-state index >= 15 is 0 Å². The molecule has 21 heavy (non-hydrogen) atoms. The largest absolute Gasteiger partial charge is 0.497 e. The molecule has 5 nitrogen and oxygen atoms in total. The van der Waals surface area contributed by atoms with E-state index < -0.39 is 0 Å². The van der Waals surface area contributed by atoms with E-state index in [0.717, 1.165) is 36.5 Å². The molecule has 1 aromatic carbocycles. The second kappa shape index (κ2) is 6.58. The molecule has 1 heterocycles. The quantitative estimate of drug-likeness (QED) is 0.798. The topological polar surface area (TPSA) is 72.4 Å². The summed E-state index contributed by atoms with van der Waals surface area (Å²) in [5.41, 5.74) is 1.18. The Morgan fingerprint density at radius 2 is 1.90 bits per heavy atom. The van der Waals surface area contributed by atoms with Crippen molar-refractivity contribution in [1.82, 2.24) is 4.90 Å². The first-order valence-electron chi connectivity index (χ1n) is 6.67. The highest BCUT2D eigenvalue weighted by molar-refractivity contribution is 5.91. The summed E-state index contributed by atoms with van der Waals surface area (Å²) in [5.74, 6) is 1.63. The minimum Gasteiger partial charge on any atom is -0.497 e. The Morgan fingerprint density at radius 1 is 1.24 bits per heavy atom. The van der Waals surface area contributed by atoms with E-state index in [1.54, 1.807) is 19.2 Å². The molecular formula is C16H16N4O. The zero-order valence-corrected chi connectivity index (χ0v) is 12.1. The van der Waals surface area contributed by atoms with Gasteiger partial charge in [-0.2, -0.15) is 10.5 Å². The molecule has 2 rings (SSSR count). The van der Waals surface area contributed by atoms with Gasteiger partial charge in [-0.15, -0.1) is 0 Å². The van der Waals surface area contributed by atoms with Crippen LogP contribution < -0.4 is 4.74 Å². The molecule has 0 radical (unpaired) electrons. The monoisotopic (exact) mass is 280 g/mol. The number of likely N-dealkylation sites (tertiary alicyclic amines) is 1. The third-order valence-electron chi connectivity index (χ3n) is 3.40. The molecule has 1 saturated heterocycles. The van der Waals surface area contributed by atoms with Crippen molar-refractivity contribution < 1.29 is 4.74 Å². The fourth-order valence-electron chi connectivity index (χ4n) is 2.21. The Balaban J connectivity index is 2.50. The summed E-state index contributed by atoms with van der Waals surface area (Å²) in [7, 11) is 3.56. The maximum Gasteiger partial charge on any atom is 0.155 e. The van der Waals surface area contributed by atoms with Crippen LogP contribution in [0.1, 0.15) is 18.4 Å². The van der Waals surface area contributed by atoms with Crippen LogP contribution in [0.3, 0.4) is 0 Å². The van der Waals surface area contributed by atoms with Crippen LogP contribution in [0.25, 0.3) is 5.70 Å². The Morgan fingerprint density at radius 3 is 2.38 bits per heavy atom. The number of aliphatic imine (C=N–C) groups is 1. The highest BCUT2D eigenvalue weighted by Gasteiger charge is 2.17. The number of benzene rings is 1. The summed E-state index contributed by atoms with van der Waals surface area (Å²) in [6, 6.07) is 11.1. The zero-order valence-electron chi connectivity index (χ0n) is 12.1. The molecule has 5 heteroatoms. The van der Waals surface area contributed by atoms with Gasteiger partial charge in [-0.3, -0.25) is 0 Å². The number of ether oxygens (including phenoxy) is 1. The summed E-state index contributed by atoms with van der Waals surface area (Å²) >= 11 is 0. The van der Waals surface area contributed by atoms with Gasteiger partial charge in [0.25, 0.3) is 0 Å². The van der Waals surface area contributed by atoms with Gasteiger partial charge < -0.3 is 9.64 Å². The van der Waals surface area contributed by atoms with Crippen molar-refractivity contribution >= 4 is 11.5 Å². The van der Waals surface area contributed by atoms with Crippen molar-refractivity contribution in [2.45, 2.75) is 12.8 Å². The molecular weight excluding hydrogens is 264 g/mol. The molecule has 106 valence electrons. The van der Waals surface area contributed by atoms with Gasteiger partial charge >= 0.3 is 0 Å². The molecule has 0 bridgehead atoms. The summed E-state index contributed by atoms with van der Waals surface area (Å²) < 4.78 is 5.12. The Labute approximate surface area is 124 Å². The van der Waals surface area contributed by atoms with Crippen molar-refractivity contribution in [3.8, 4) is 17.9 Å². The second-order valence-corrected chi connectivity index (χ2v) is 4.73. The molecule has 1 fully saturated rings. The molecule has 0 aromatic heterocycles. The number of hydrogen-bond donors (Lipinski definition) is 0. The van der Waals surface area contributed by atoms with Crippen LogP contribution in [0.2, 0.25) is 0 Å². The minimum atomic E-state index is 0.0213. The molecule has 0 atom stereocenters. The van der Waals surface area contributed by atoms with Gasteiger partial charge in [0.05, 0.1) is 7.11 Å². The Hall–Kier alpha value is -2.79. The molecule has 1 aliphatic rings. The lowest BCUT2D eigenvalue weighted by molar-refractivity contribution is 0.415. The van der Waals surface area contributed by atoms with Crippen molar-refractivity contribution in [2.24, 2.45) is 4.99 Å². The normalized spacial score (nSPS) is 15.4. The first-order valence-corrected chi connectivity index (χ1v) is 6.67. The van der Waals surface area contributed by atoms with Crippen LogP contribution in [0, 0.1) is 22.7 Å². The highest BCUT2D eigenvalue weighted by atomic mass is 16.5. The van der Waals surface area contributed by atoms with Gasteiger partial charge in [0.2, 0.25) is 0 Å². The number of methoxy groups -OCH3 is 1. The van der Waals surface area contributed by atoms with Gasteiger partial charge in [-0.1, -0.05) is 0 Å². The third-order valence-corrected chi connectivity index (χ3v) is 3.40. The van der Waals surface area contributed by atoms with Crippen LogP contribution in [0.4, 0.5) is 0 Å². The average Bonchev–Trinajstić information content (AvgIpc) is 2.93. The molecule has 1 aromatic rings. The van der Waals surface area contributed by atoms with E-state index in [0.29, 0.717) is 5.70 Å². The van der Waals surface area contributed by atoms with Crippen LogP contribution in [0.15, 0.2) is 34.8 Å². The Kier molecular flexibility index (Phi) is 4.58. The maximum atomic E-state index is 9.16. The number of nitrogens with zero attached hydrogens (tertiary/aromatic N) is 4. The summed E-state index contributed by atoms with van der Waals surface area (Å²) in [5, 5.41) is 18.3. The number of amidine groups is 1. The van der Waals surface area contributed by atoms with E-state index in [1.807, 2.05) is 31.3 Å². The molecule has 0 aliphatic carbocycles. The van der Waals surface area contributed by atoms with E-state index in [9.17, 15) is 0 Å². The fraction of sp³-hybridized carbons (Fsp3) is 0.312. The van der Waals surface area contributed by atoms with E-state index in [2.05, 4.69) is 9.89 Å². The first-order chi connectivity index (χ1) is 10.2. The van der Waals surface area contributed by atoms with E-state index in [4.69, 9.17) is 15.3 Å². The van der Waals surface area contributed by atoms with Crippen molar-refractivity contribution in [1.29, 1.82) is 10.5 Å². The summed E-state index contributed by atoms with van der Waals surface area (Å²) in [6.07, 6.45) is 1.90. The van der Waals surface area contributed by atoms with Crippen LogP contribution >= 0.6 is 0 Å². The number of hydrogen-bond acceptors (Lipinski definition) is 4. The predicted molar refractivity (Wildman–Crippen MR) is 80.4 cm³/mol. The first kappa shape index (κ1) is 14.6. The van der Waals surface area contributed by atoms with Gasteiger partial charge in [0.1, 0.15) is 29.4 Å². The van der Waals surface area contributed by atoms with Crippen molar-refractivity contribution in [2.75, 3.05) is 20.7 Å². The van der Waals surface area contributed by atoms with Gasteiger partial charge in [0.15, 0.2) is 5.57 Å². The lowest BCUT2D eigenvalue weighted by atomic mass is 10.1. The molecule has 0 spiro atoms. The second-order valence-electron chi connectivity index (χ2n) is 4.73. The van der Waals surface area contributed by atoms with Crippen LogP contribution in [-0.4, -0.2) is 31.4 Å². The SMILES string of the molecule is COc1ccc(C(N=C2CCCN2C)=C(C#N)C#N)cc1. The smallest absolute Gasteiger partial charge is 0.155 e. The van der Waals surface area contributed by atoms with Gasteiger partial charge in [-0.25, -0.2) is 4.99 Å². The van der Waals surface area contributed by atoms with Gasteiger partial charge in [-0.05, 0) is 30.7 Å². The van der Waals surface area contributed by atoms with Gasteiger partial charge in [0, 0.05) is 25.6 Å². The molecule has 0 unspecified atom stereocenters. The van der Waals surface area contributed by atoms with E-state index in [-0.39, 0.29) is 5.57 Å². The number of allylic oxidation sites excluding steroid dienone is 1. The van der Waals surface area contributed by atoms with Crippen LogP contribution in [0.5, 0.6) is 5.75 Å². The third kappa shape index (κ3) is 3.21.